The van der Waals surface area contributed by atoms with Crippen molar-refractivity contribution in [3.63, 3.8) is 0 Å². The summed E-state index contributed by atoms with van der Waals surface area (Å²) in [5.41, 5.74) is 7.92. The smallest absolute Gasteiger partial charge is 0.137 e. The molecule has 6 heteroatoms. The van der Waals surface area contributed by atoms with Gasteiger partial charge in [0.15, 0.2) is 0 Å². The van der Waals surface area contributed by atoms with Gasteiger partial charge in [0, 0.05) is 48.0 Å². The second-order valence-electron chi connectivity index (χ2n) is 11.9. The van der Waals surface area contributed by atoms with Crippen LogP contribution in [0.15, 0.2) is 152 Å². The van der Waals surface area contributed by atoms with E-state index in [9.17, 15) is 0 Å². The molecule has 0 radical (unpaired) electrons. The van der Waals surface area contributed by atoms with Crippen molar-refractivity contribution in [1.29, 1.82) is 0 Å². The van der Waals surface area contributed by atoms with Crippen molar-refractivity contribution in [2.75, 3.05) is 23.5 Å². The first-order valence-corrected chi connectivity index (χ1v) is 15.8. The maximum absolute atomic E-state index is 6.54. The summed E-state index contributed by atoms with van der Waals surface area (Å²) in [7, 11) is 2.14. The van der Waals surface area contributed by atoms with Crippen molar-refractivity contribution in [2.45, 2.75) is 0 Å². The van der Waals surface area contributed by atoms with Crippen LogP contribution in [0.4, 0.5) is 17.1 Å². The molecule has 0 aliphatic carbocycles. The van der Waals surface area contributed by atoms with Crippen LogP contribution >= 0.6 is 0 Å². The minimum atomic E-state index is 0.711. The Morgan fingerprint density at radius 3 is 2.11 bits per heavy atom. The molecule has 0 N–H and O–H groups in total. The van der Waals surface area contributed by atoms with E-state index in [2.05, 4.69) is 153 Å². The van der Waals surface area contributed by atoms with Gasteiger partial charge in [0.2, 0.25) is 0 Å². The summed E-state index contributed by atoms with van der Waals surface area (Å²) in [6.45, 7) is 0.711. The fourth-order valence-electron chi connectivity index (χ4n) is 6.79. The van der Waals surface area contributed by atoms with E-state index in [0.29, 0.717) is 6.67 Å². The number of hydrogen-bond acceptors (Lipinski definition) is 5. The Labute approximate surface area is 273 Å². The summed E-state index contributed by atoms with van der Waals surface area (Å²) in [4.78, 5) is 11.6. The van der Waals surface area contributed by atoms with Crippen LogP contribution in [-0.2, 0) is 0 Å². The van der Waals surface area contributed by atoms with Crippen LogP contribution < -0.4 is 14.5 Å². The van der Waals surface area contributed by atoms with E-state index in [1.165, 1.54) is 16.5 Å². The second kappa shape index (κ2) is 11.0. The average molecular weight is 610 g/mol. The molecule has 226 valence electrons. The zero-order chi connectivity index (χ0) is 31.3. The van der Waals surface area contributed by atoms with Gasteiger partial charge in [-0.25, -0.2) is 4.98 Å². The molecule has 2 aromatic heterocycles. The number of para-hydroxylation sites is 3. The number of nitrogens with zero attached hydrogens (tertiary/aromatic N) is 5. The lowest BCUT2D eigenvalue weighted by Gasteiger charge is -2.31. The zero-order valence-electron chi connectivity index (χ0n) is 25.9. The highest BCUT2D eigenvalue weighted by Gasteiger charge is 2.29. The monoisotopic (exact) mass is 609 g/mol. The van der Waals surface area contributed by atoms with Gasteiger partial charge in [-0.05, 0) is 65.7 Å². The Morgan fingerprint density at radius 1 is 0.617 bits per heavy atom. The van der Waals surface area contributed by atoms with E-state index in [-0.39, 0.29) is 0 Å². The first kappa shape index (κ1) is 27.1. The molecule has 7 aromatic rings. The van der Waals surface area contributed by atoms with Crippen molar-refractivity contribution in [2.24, 2.45) is 0 Å². The number of anilines is 3. The van der Waals surface area contributed by atoms with E-state index in [1.54, 1.807) is 0 Å². The predicted octanol–water partition coefficient (Wildman–Crippen LogP) is 9.80. The van der Waals surface area contributed by atoms with Gasteiger partial charge in [-0.1, -0.05) is 78.9 Å². The molecular weight excluding hydrogens is 578 g/mol. The summed E-state index contributed by atoms with van der Waals surface area (Å²) in [6.07, 6.45) is 8.47. The van der Waals surface area contributed by atoms with E-state index in [0.717, 1.165) is 56.6 Å². The van der Waals surface area contributed by atoms with E-state index in [1.807, 2.05) is 36.5 Å². The molecule has 0 saturated heterocycles. The van der Waals surface area contributed by atoms with E-state index in [4.69, 9.17) is 4.74 Å². The number of rotatable bonds is 5. The van der Waals surface area contributed by atoms with Crippen LogP contribution in [0.2, 0.25) is 0 Å². The molecule has 47 heavy (non-hydrogen) atoms. The zero-order valence-corrected chi connectivity index (χ0v) is 25.9. The van der Waals surface area contributed by atoms with Crippen LogP contribution in [0.25, 0.3) is 39.8 Å². The molecule has 0 amide bonds. The average Bonchev–Trinajstić information content (AvgIpc) is 3.60. The Balaban J connectivity index is 1.06. The van der Waals surface area contributed by atoms with E-state index < -0.39 is 0 Å². The molecule has 0 fully saturated rings. The Morgan fingerprint density at radius 2 is 1.32 bits per heavy atom. The highest BCUT2D eigenvalue weighted by Crippen LogP contribution is 2.42. The Bertz CT molecular complexity index is 2310. The summed E-state index contributed by atoms with van der Waals surface area (Å²) in [5, 5.41) is 2.35. The van der Waals surface area contributed by atoms with Gasteiger partial charge in [0.1, 0.15) is 23.1 Å². The quantitative estimate of drug-likeness (QED) is 0.194. The Kier molecular flexibility index (Phi) is 6.32. The molecule has 0 unspecified atom stereocenters. The normalized spacial score (nSPS) is 13.9. The summed E-state index contributed by atoms with van der Waals surface area (Å²) in [6, 6.07) is 46.2. The van der Waals surface area contributed by atoms with Crippen molar-refractivity contribution >= 4 is 51.0 Å². The largest absolute Gasteiger partial charge is 0.457 e. The van der Waals surface area contributed by atoms with Gasteiger partial charge < -0.3 is 14.5 Å². The molecule has 2 aliphatic rings. The fraction of sp³-hybridized carbons (Fsp3) is 0.0488. The van der Waals surface area contributed by atoms with Crippen molar-refractivity contribution in [3.8, 4) is 17.3 Å². The standard InChI is InChI=1S/C41H31N5O/c1-43-28-44(27-41(43)46-36-16-5-2-11-29(36)20-21-30-12-3-6-17-37(30)46)31-13-10-14-32(25-31)47-33-22-23-35-34-15-4-7-18-38(34)45(39(35)26-33)40-19-8-9-24-42-40/h2-27H,28H2,1H3. The molecule has 0 saturated carbocycles. The topological polar surface area (TPSA) is 36.8 Å². The predicted molar refractivity (Wildman–Crippen MR) is 192 cm³/mol. The number of pyridine rings is 1. The van der Waals surface area contributed by atoms with Crippen LogP contribution in [0.3, 0.4) is 0 Å². The molecule has 0 spiro atoms. The number of hydrogen-bond donors (Lipinski definition) is 0. The van der Waals surface area contributed by atoms with Gasteiger partial charge in [-0.3, -0.25) is 9.47 Å². The van der Waals surface area contributed by atoms with Gasteiger partial charge in [-0.15, -0.1) is 0 Å². The van der Waals surface area contributed by atoms with Gasteiger partial charge in [0.05, 0.1) is 29.1 Å². The number of aromatic nitrogens is 2. The third-order valence-electron chi connectivity index (χ3n) is 8.96. The summed E-state index contributed by atoms with van der Waals surface area (Å²) < 4.78 is 8.74. The molecule has 6 nitrogen and oxygen atoms in total. The van der Waals surface area contributed by atoms with Crippen LogP contribution in [-0.4, -0.2) is 28.2 Å². The van der Waals surface area contributed by atoms with E-state index >= 15 is 0 Å². The molecule has 5 aromatic carbocycles. The van der Waals surface area contributed by atoms with Gasteiger partial charge in [0.25, 0.3) is 0 Å². The number of benzene rings is 5. The first-order valence-electron chi connectivity index (χ1n) is 15.8. The van der Waals surface area contributed by atoms with Crippen molar-refractivity contribution < 1.29 is 4.74 Å². The molecule has 0 bridgehead atoms. The minimum Gasteiger partial charge on any atom is -0.457 e. The Hall–Kier alpha value is -6.27. The highest BCUT2D eigenvalue weighted by atomic mass is 16.5. The number of ether oxygens (including phenoxy) is 1. The van der Waals surface area contributed by atoms with Crippen LogP contribution in [0.5, 0.6) is 11.5 Å². The van der Waals surface area contributed by atoms with Crippen LogP contribution in [0, 0.1) is 0 Å². The van der Waals surface area contributed by atoms with Gasteiger partial charge >= 0.3 is 0 Å². The van der Waals surface area contributed by atoms with Crippen molar-refractivity contribution in [3.05, 3.63) is 163 Å². The van der Waals surface area contributed by atoms with Crippen LogP contribution in [0.1, 0.15) is 11.1 Å². The summed E-state index contributed by atoms with van der Waals surface area (Å²) in [5.74, 6) is 3.54. The maximum atomic E-state index is 6.54. The molecule has 4 heterocycles. The molecule has 0 atom stereocenters. The summed E-state index contributed by atoms with van der Waals surface area (Å²) >= 11 is 0. The molecule has 9 rings (SSSR count). The lowest BCUT2D eigenvalue weighted by Crippen LogP contribution is -2.29. The van der Waals surface area contributed by atoms with Crippen molar-refractivity contribution in [1.82, 2.24) is 14.5 Å². The maximum Gasteiger partial charge on any atom is 0.137 e. The SMILES string of the molecule is CN1CN(c2cccc(Oc3ccc4c5ccccc5n(-c5ccccn5)c4c3)c2)C=C1N1c2ccccc2C=Cc2ccccc21. The highest BCUT2D eigenvalue weighted by molar-refractivity contribution is 6.09. The minimum absolute atomic E-state index is 0.711. The number of fused-ring (bicyclic) bond motifs is 5. The fourth-order valence-corrected chi connectivity index (χ4v) is 6.79. The third-order valence-corrected chi connectivity index (χ3v) is 8.96. The lowest BCUT2D eigenvalue weighted by molar-refractivity contribution is 0.451. The first-order chi connectivity index (χ1) is 23.2. The lowest BCUT2D eigenvalue weighted by atomic mass is 10.1. The third kappa shape index (κ3) is 4.61. The molecule has 2 aliphatic heterocycles. The second-order valence-corrected chi connectivity index (χ2v) is 11.9. The van der Waals surface area contributed by atoms with Gasteiger partial charge in [-0.2, -0.15) is 0 Å². The molecular formula is C41H31N5O.